The number of nitrogens with one attached hydrogen (secondary N) is 3. The summed E-state index contributed by atoms with van der Waals surface area (Å²) in [7, 11) is 1.58. The van der Waals surface area contributed by atoms with Crippen LogP contribution in [0.4, 0.5) is 10.5 Å². The molecule has 27 heavy (non-hydrogen) atoms. The molecule has 1 saturated heterocycles. The van der Waals surface area contributed by atoms with Crippen LogP contribution in [-0.4, -0.2) is 48.5 Å². The molecule has 1 aromatic heterocycles. The molecule has 0 spiro atoms. The number of benzene rings is 1. The summed E-state index contributed by atoms with van der Waals surface area (Å²) in [4.78, 5) is 24.0. The van der Waals surface area contributed by atoms with Crippen LogP contribution in [0.3, 0.4) is 0 Å². The van der Waals surface area contributed by atoms with Gasteiger partial charge in [-0.15, -0.1) is 10.2 Å². The van der Waals surface area contributed by atoms with Gasteiger partial charge in [0.1, 0.15) is 10.8 Å². The van der Waals surface area contributed by atoms with Gasteiger partial charge in [0.2, 0.25) is 5.01 Å². The number of amides is 3. The van der Waals surface area contributed by atoms with E-state index in [0.717, 1.165) is 30.8 Å². The predicted molar refractivity (Wildman–Crippen MR) is 100 cm³/mol. The monoisotopic (exact) mass is 391 g/mol. The second kappa shape index (κ2) is 9.28. The van der Waals surface area contributed by atoms with Gasteiger partial charge in [-0.1, -0.05) is 11.3 Å². The Bertz CT molecular complexity index is 774. The van der Waals surface area contributed by atoms with Gasteiger partial charge in [-0.2, -0.15) is 0 Å². The second-order valence-corrected chi connectivity index (χ2v) is 6.94. The molecule has 2 aromatic rings. The van der Waals surface area contributed by atoms with Crippen molar-refractivity contribution in [2.45, 2.75) is 25.5 Å². The molecule has 2 heterocycles. The smallest absolute Gasteiger partial charge is 0.315 e. The average molecular weight is 391 g/mol. The third kappa shape index (κ3) is 5.63. The fraction of sp³-hybridized carbons (Fsp3) is 0.412. The minimum Gasteiger partial charge on any atom is -0.497 e. The topological polar surface area (TPSA) is 114 Å². The summed E-state index contributed by atoms with van der Waals surface area (Å²) in [6.45, 7) is 1.43. The molecule has 1 aliphatic rings. The lowest BCUT2D eigenvalue weighted by atomic mass is 10.2. The van der Waals surface area contributed by atoms with Crippen molar-refractivity contribution in [1.29, 1.82) is 0 Å². The van der Waals surface area contributed by atoms with Crippen LogP contribution < -0.4 is 20.7 Å². The van der Waals surface area contributed by atoms with Crippen molar-refractivity contribution in [2.24, 2.45) is 0 Å². The van der Waals surface area contributed by atoms with E-state index in [9.17, 15) is 9.59 Å². The number of urea groups is 1. The molecule has 0 bridgehead atoms. The minimum absolute atomic E-state index is 0.0885. The Hall–Kier alpha value is -2.72. The lowest BCUT2D eigenvalue weighted by Gasteiger charge is -2.10. The van der Waals surface area contributed by atoms with Crippen molar-refractivity contribution < 1.29 is 19.1 Å². The highest BCUT2D eigenvalue weighted by atomic mass is 32.1. The zero-order valence-electron chi connectivity index (χ0n) is 14.9. The molecule has 1 fully saturated rings. The van der Waals surface area contributed by atoms with Crippen LogP contribution in [0.5, 0.6) is 5.75 Å². The summed E-state index contributed by atoms with van der Waals surface area (Å²) in [6.07, 6.45) is 2.08. The molecule has 144 valence electrons. The molecule has 1 aliphatic heterocycles. The molecule has 0 saturated carbocycles. The van der Waals surface area contributed by atoms with Crippen molar-refractivity contribution in [3.05, 3.63) is 34.3 Å². The van der Waals surface area contributed by atoms with E-state index in [2.05, 4.69) is 26.1 Å². The first-order valence-corrected chi connectivity index (χ1v) is 9.37. The number of hydrogen-bond donors (Lipinski definition) is 3. The molecular formula is C17H21N5O4S. The first kappa shape index (κ1) is 19.1. The maximum atomic E-state index is 12.2. The molecule has 0 radical (unpaired) electrons. The first-order chi connectivity index (χ1) is 13.1. The van der Waals surface area contributed by atoms with Crippen LogP contribution in [0.25, 0.3) is 0 Å². The number of carbonyl (C=O) groups excluding carboxylic acids is 2. The Morgan fingerprint density at radius 3 is 2.78 bits per heavy atom. The van der Waals surface area contributed by atoms with Crippen molar-refractivity contribution >= 4 is 29.0 Å². The van der Waals surface area contributed by atoms with E-state index >= 15 is 0 Å². The number of rotatable bonds is 7. The average Bonchev–Trinajstić information content (AvgIpc) is 3.37. The molecule has 1 atom stereocenters. The number of ether oxygens (including phenoxy) is 2. The standard InChI is InChI=1S/C17H21N5O4S/c1-25-12-6-4-11(5-7-12)20-15(23)16-22-21-14(27-16)10-19-17(24)18-9-13-3-2-8-26-13/h4-7,13H,2-3,8-10H2,1H3,(H,20,23)(H2,18,19,24)/t13-/m1/s1. The molecule has 10 heteroatoms. The van der Waals surface area contributed by atoms with Gasteiger partial charge in [0.15, 0.2) is 0 Å². The molecule has 3 amide bonds. The van der Waals surface area contributed by atoms with Gasteiger partial charge < -0.3 is 25.4 Å². The van der Waals surface area contributed by atoms with E-state index in [1.807, 2.05) is 0 Å². The van der Waals surface area contributed by atoms with Gasteiger partial charge in [-0.25, -0.2) is 4.79 Å². The molecule has 9 nitrogen and oxygen atoms in total. The van der Waals surface area contributed by atoms with Gasteiger partial charge >= 0.3 is 6.03 Å². The zero-order valence-corrected chi connectivity index (χ0v) is 15.7. The summed E-state index contributed by atoms with van der Waals surface area (Å²) >= 11 is 1.13. The highest BCUT2D eigenvalue weighted by Gasteiger charge is 2.17. The van der Waals surface area contributed by atoms with E-state index in [-0.39, 0.29) is 29.6 Å². The third-order valence-corrected chi connectivity index (χ3v) is 4.85. The van der Waals surface area contributed by atoms with E-state index < -0.39 is 0 Å². The lowest BCUT2D eigenvalue weighted by Crippen LogP contribution is -2.39. The van der Waals surface area contributed by atoms with E-state index in [1.165, 1.54) is 0 Å². The number of nitrogens with zero attached hydrogens (tertiary/aromatic N) is 2. The molecule has 1 aromatic carbocycles. The molecule has 3 rings (SSSR count). The molecular weight excluding hydrogens is 370 g/mol. The van der Waals surface area contributed by atoms with Crippen LogP contribution in [0, 0.1) is 0 Å². The minimum atomic E-state index is -0.355. The third-order valence-electron chi connectivity index (χ3n) is 3.92. The fourth-order valence-corrected chi connectivity index (χ4v) is 3.18. The maximum absolute atomic E-state index is 12.2. The van der Waals surface area contributed by atoms with Gasteiger partial charge in [0, 0.05) is 18.8 Å². The van der Waals surface area contributed by atoms with Crippen LogP contribution in [-0.2, 0) is 11.3 Å². The van der Waals surface area contributed by atoms with Gasteiger partial charge in [0.05, 0.1) is 19.8 Å². The quantitative estimate of drug-likeness (QED) is 0.663. The molecule has 3 N–H and O–H groups in total. The van der Waals surface area contributed by atoms with Crippen LogP contribution in [0.1, 0.15) is 27.7 Å². The highest BCUT2D eigenvalue weighted by molar-refractivity contribution is 7.13. The summed E-state index contributed by atoms with van der Waals surface area (Å²) in [5, 5.41) is 16.8. The Morgan fingerprint density at radius 2 is 2.07 bits per heavy atom. The number of hydrogen-bond acceptors (Lipinski definition) is 7. The fourth-order valence-electron chi connectivity index (χ4n) is 2.51. The SMILES string of the molecule is COc1ccc(NC(=O)c2nnc(CNC(=O)NC[C@H]3CCCO3)s2)cc1. The number of aromatic nitrogens is 2. The van der Waals surface area contributed by atoms with E-state index in [4.69, 9.17) is 9.47 Å². The largest absolute Gasteiger partial charge is 0.497 e. The van der Waals surface area contributed by atoms with Crippen LogP contribution in [0.15, 0.2) is 24.3 Å². The predicted octanol–water partition coefficient (Wildman–Crippen LogP) is 1.78. The summed E-state index contributed by atoms with van der Waals surface area (Å²) < 4.78 is 10.5. The van der Waals surface area contributed by atoms with E-state index in [0.29, 0.717) is 23.0 Å². The normalized spacial score (nSPS) is 16.0. The van der Waals surface area contributed by atoms with Crippen molar-refractivity contribution in [2.75, 3.05) is 25.6 Å². The Labute approximate surface area is 160 Å². The summed E-state index contributed by atoms with van der Waals surface area (Å²) in [5.41, 5.74) is 0.629. The summed E-state index contributed by atoms with van der Waals surface area (Å²) in [6, 6.07) is 6.67. The lowest BCUT2D eigenvalue weighted by molar-refractivity contribution is 0.102. The van der Waals surface area contributed by atoms with Crippen molar-refractivity contribution in [1.82, 2.24) is 20.8 Å². The second-order valence-electron chi connectivity index (χ2n) is 5.88. The van der Waals surface area contributed by atoms with Gasteiger partial charge in [-0.05, 0) is 37.1 Å². The first-order valence-electron chi connectivity index (χ1n) is 8.55. The Kier molecular flexibility index (Phi) is 6.55. The number of anilines is 1. The number of carbonyl (C=O) groups is 2. The maximum Gasteiger partial charge on any atom is 0.315 e. The summed E-state index contributed by atoms with van der Waals surface area (Å²) in [5.74, 6) is 0.349. The number of methoxy groups -OCH3 is 1. The molecule has 0 unspecified atom stereocenters. The van der Waals surface area contributed by atoms with Crippen LogP contribution >= 0.6 is 11.3 Å². The zero-order chi connectivity index (χ0) is 19.1. The van der Waals surface area contributed by atoms with E-state index in [1.54, 1.807) is 31.4 Å². The van der Waals surface area contributed by atoms with Crippen LogP contribution in [0.2, 0.25) is 0 Å². The van der Waals surface area contributed by atoms with Gasteiger partial charge in [-0.3, -0.25) is 4.79 Å². The van der Waals surface area contributed by atoms with Gasteiger partial charge in [0.25, 0.3) is 5.91 Å². The molecule has 0 aliphatic carbocycles. The van der Waals surface area contributed by atoms with Crippen molar-refractivity contribution in [3.63, 3.8) is 0 Å². The Balaban J connectivity index is 1.44. The Morgan fingerprint density at radius 1 is 1.26 bits per heavy atom. The van der Waals surface area contributed by atoms with Crippen molar-refractivity contribution in [3.8, 4) is 5.75 Å². The highest BCUT2D eigenvalue weighted by Crippen LogP contribution is 2.17.